The Hall–Kier alpha value is -2.93. The van der Waals surface area contributed by atoms with Crippen molar-refractivity contribution in [3.8, 4) is 28.7 Å². The number of carbonyl (C=O) groups excluding carboxylic acids is 1. The normalized spacial score (nSPS) is 24.9. The maximum Gasteiger partial charge on any atom is 0.178 e. The Kier molecular flexibility index (Phi) is 4.55. The van der Waals surface area contributed by atoms with Crippen molar-refractivity contribution in [3.63, 3.8) is 0 Å². The van der Waals surface area contributed by atoms with Crippen LogP contribution >= 0.6 is 0 Å². The molecule has 0 spiro atoms. The molecule has 1 unspecified atom stereocenters. The molecule has 164 valence electrons. The van der Waals surface area contributed by atoms with Gasteiger partial charge >= 0.3 is 0 Å². The van der Waals surface area contributed by atoms with Crippen LogP contribution in [0.1, 0.15) is 47.7 Å². The molecule has 0 aliphatic carbocycles. The summed E-state index contributed by atoms with van der Waals surface area (Å²) in [5, 5.41) is 10.7. The lowest BCUT2D eigenvalue weighted by Gasteiger charge is -2.37. The molecule has 0 saturated carbocycles. The fourth-order valence-corrected chi connectivity index (χ4v) is 4.64. The molecule has 2 aromatic rings. The topological polar surface area (TPSA) is 83.5 Å². The molecular weight excluding hydrogens is 400 g/mol. The summed E-state index contributed by atoms with van der Waals surface area (Å²) in [4.78, 5) is 13.6. The average molecular weight is 426 g/mol. The summed E-state index contributed by atoms with van der Waals surface area (Å²) < 4.78 is 29.1. The highest BCUT2D eigenvalue weighted by atomic mass is 16.5. The van der Waals surface area contributed by atoms with Gasteiger partial charge in [0.1, 0.15) is 36.1 Å². The first-order valence-electron chi connectivity index (χ1n) is 10.5. The maximum atomic E-state index is 13.6. The largest absolute Gasteiger partial charge is 0.493 e. The highest BCUT2D eigenvalue weighted by Crippen LogP contribution is 2.50. The van der Waals surface area contributed by atoms with Crippen LogP contribution in [-0.2, 0) is 6.42 Å². The predicted octanol–water partition coefficient (Wildman–Crippen LogP) is 3.29. The van der Waals surface area contributed by atoms with E-state index in [-0.39, 0.29) is 18.5 Å². The number of hydrogen-bond donors (Lipinski definition) is 1. The van der Waals surface area contributed by atoms with E-state index in [2.05, 4.69) is 0 Å². The van der Waals surface area contributed by atoms with Crippen LogP contribution in [0.3, 0.4) is 0 Å². The number of fused-ring (bicyclic) bond motifs is 6. The number of methoxy groups -OCH3 is 2. The zero-order valence-electron chi connectivity index (χ0n) is 18.1. The molecule has 4 atom stereocenters. The zero-order chi connectivity index (χ0) is 21.9. The fourth-order valence-electron chi connectivity index (χ4n) is 4.64. The van der Waals surface area contributed by atoms with E-state index in [1.54, 1.807) is 45.4 Å². The van der Waals surface area contributed by atoms with Crippen molar-refractivity contribution in [1.29, 1.82) is 0 Å². The smallest absolute Gasteiger partial charge is 0.178 e. The third-order valence-corrected chi connectivity index (χ3v) is 6.73. The van der Waals surface area contributed by atoms with E-state index < -0.39 is 17.6 Å². The number of hydrogen-bond acceptors (Lipinski definition) is 7. The minimum absolute atomic E-state index is 0.0171. The van der Waals surface area contributed by atoms with Crippen molar-refractivity contribution < 1.29 is 33.6 Å². The summed E-state index contributed by atoms with van der Waals surface area (Å²) in [6, 6.07) is 7.10. The number of ketones is 1. The number of benzene rings is 2. The van der Waals surface area contributed by atoms with Crippen LogP contribution in [0.15, 0.2) is 24.3 Å². The van der Waals surface area contributed by atoms with E-state index in [0.29, 0.717) is 47.2 Å². The lowest BCUT2D eigenvalue weighted by atomic mass is 9.81. The molecule has 5 rings (SSSR count). The van der Waals surface area contributed by atoms with Gasteiger partial charge in [0.25, 0.3) is 0 Å². The van der Waals surface area contributed by atoms with Crippen LogP contribution < -0.4 is 23.7 Å². The summed E-state index contributed by atoms with van der Waals surface area (Å²) in [5.41, 5.74) is 1.13. The van der Waals surface area contributed by atoms with Gasteiger partial charge in [0, 0.05) is 23.6 Å². The molecule has 1 N–H and O–H groups in total. The van der Waals surface area contributed by atoms with Gasteiger partial charge in [-0.1, -0.05) is 6.92 Å². The molecule has 3 aliphatic heterocycles. The number of rotatable bonds is 4. The molecule has 0 saturated heterocycles. The SMILES string of the molecule is CCC(C)(O)[C@H]1Cc2c(ccc3c2O[C@@H]2COc4cc(OC)c(OC)cc4[C@@H]2C3=O)O1. The van der Waals surface area contributed by atoms with E-state index in [0.717, 1.165) is 11.1 Å². The predicted molar refractivity (Wildman–Crippen MR) is 112 cm³/mol. The molecule has 7 heteroatoms. The Labute approximate surface area is 180 Å². The van der Waals surface area contributed by atoms with E-state index >= 15 is 0 Å². The van der Waals surface area contributed by atoms with Crippen molar-refractivity contribution in [2.75, 3.05) is 20.8 Å². The van der Waals surface area contributed by atoms with Gasteiger partial charge < -0.3 is 28.8 Å². The molecule has 3 aliphatic rings. The average Bonchev–Trinajstić information content (AvgIpc) is 3.23. The third-order valence-electron chi connectivity index (χ3n) is 6.73. The molecular formula is C24H26O7. The van der Waals surface area contributed by atoms with Crippen LogP contribution in [-0.4, -0.2) is 49.5 Å². The van der Waals surface area contributed by atoms with Gasteiger partial charge in [-0.15, -0.1) is 0 Å². The van der Waals surface area contributed by atoms with Crippen LogP contribution in [0.25, 0.3) is 0 Å². The molecule has 7 nitrogen and oxygen atoms in total. The first-order chi connectivity index (χ1) is 14.9. The monoisotopic (exact) mass is 426 g/mol. The number of aliphatic hydroxyl groups is 1. The van der Waals surface area contributed by atoms with E-state index in [1.165, 1.54) is 0 Å². The molecule has 0 amide bonds. The van der Waals surface area contributed by atoms with Gasteiger partial charge in [-0.05, 0) is 31.5 Å². The maximum absolute atomic E-state index is 13.6. The Bertz CT molecular complexity index is 1060. The minimum atomic E-state index is -0.963. The highest BCUT2D eigenvalue weighted by molar-refractivity contribution is 6.06. The van der Waals surface area contributed by atoms with Crippen molar-refractivity contribution in [2.24, 2.45) is 0 Å². The van der Waals surface area contributed by atoms with E-state index in [4.69, 9.17) is 23.7 Å². The van der Waals surface area contributed by atoms with Crippen LogP contribution in [0.4, 0.5) is 0 Å². The van der Waals surface area contributed by atoms with Gasteiger partial charge in [0.2, 0.25) is 0 Å². The minimum Gasteiger partial charge on any atom is -0.493 e. The number of carbonyl (C=O) groups is 1. The molecule has 0 fully saturated rings. The zero-order valence-corrected chi connectivity index (χ0v) is 18.1. The van der Waals surface area contributed by atoms with Crippen molar-refractivity contribution in [3.05, 3.63) is 41.0 Å². The Balaban J connectivity index is 1.55. The Morgan fingerprint density at radius 1 is 1.13 bits per heavy atom. The third kappa shape index (κ3) is 2.94. The Morgan fingerprint density at radius 2 is 1.87 bits per heavy atom. The second-order valence-corrected chi connectivity index (χ2v) is 8.49. The van der Waals surface area contributed by atoms with Gasteiger partial charge in [0.05, 0.1) is 31.3 Å². The van der Waals surface area contributed by atoms with Crippen molar-refractivity contribution in [2.45, 2.75) is 50.4 Å². The second-order valence-electron chi connectivity index (χ2n) is 8.49. The molecule has 0 radical (unpaired) electrons. The molecule has 3 heterocycles. The number of Topliss-reactive ketones (excluding diaryl/α,β-unsaturated/α-hetero) is 1. The molecule has 2 aromatic carbocycles. The van der Waals surface area contributed by atoms with Gasteiger partial charge in [-0.3, -0.25) is 4.79 Å². The van der Waals surface area contributed by atoms with Gasteiger partial charge in [-0.2, -0.15) is 0 Å². The number of ether oxygens (including phenoxy) is 5. The van der Waals surface area contributed by atoms with Gasteiger partial charge in [-0.25, -0.2) is 0 Å². The summed E-state index contributed by atoms with van der Waals surface area (Å²) in [7, 11) is 3.12. The lowest BCUT2D eigenvalue weighted by Crippen LogP contribution is -2.43. The summed E-state index contributed by atoms with van der Waals surface area (Å²) in [6.07, 6.45) is 0.221. The molecule has 31 heavy (non-hydrogen) atoms. The quantitative estimate of drug-likeness (QED) is 0.803. The van der Waals surface area contributed by atoms with Crippen LogP contribution in [0.2, 0.25) is 0 Å². The summed E-state index contributed by atoms with van der Waals surface area (Å²) >= 11 is 0. The van der Waals surface area contributed by atoms with Gasteiger partial charge in [0.15, 0.2) is 17.3 Å². The van der Waals surface area contributed by atoms with Crippen LogP contribution in [0.5, 0.6) is 28.7 Å². The molecule has 0 bridgehead atoms. The summed E-state index contributed by atoms with van der Waals surface area (Å²) in [5.74, 6) is 2.38. The van der Waals surface area contributed by atoms with Crippen molar-refractivity contribution >= 4 is 5.78 Å². The molecule has 0 aromatic heterocycles. The Morgan fingerprint density at radius 3 is 2.58 bits per heavy atom. The first-order valence-corrected chi connectivity index (χ1v) is 10.5. The standard InChI is InChI=1S/C24H26O7/c1-5-24(2,26)20-9-14-15(30-20)7-6-12-22(25)21-13-8-17(27-3)18(28-4)10-16(13)29-11-19(21)31-23(12)14/h6-8,10,19-21,26H,5,9,11H2,1-4H3/t19-,20-,21+,24?/m1/s1. The van der Waals surface area contributed by atoms with Crippen molar-refractivity contribution in [1.82, 2.24) is 0 Å². The van der Waals surface area contributed by atoms with E-state index in [9.17, 15) is 9.90 Å². The summed E-state index contributed by atoms with van der Waals surface area (Å²) in [6.45, 7) is 3.94. The van der Waals surface area contributed by atoms with E-state index in [1.807, 2.05) is 6.92 Å². The second kappa shape index (κ2) is 7.05. The fraction of sp³-hybridized carbons (Fsp3) is 0.458. The lowest BCUT2D eigenvalue weighted by molar-refractivity contribution is -0.0406. The van der Waals surface area contributed by atoms with Crippen LogP contribution in [0, 0.1) is 0 Å². The first kappa shape index (κ1) is 20.0. The highest BCUT2D eigenvalue weighted by Gasteiger charge is 2.47.